The van der Waals surface area contributed by atoms with Crippen molar-refractivity contribution in [1.82, 2.24) is 9.78 Å². The highest BCUT2D eigenvalue weighted by Gasteiger charge is 2.12. The molecule has 0 fully saturated rings. The highest BCUT2D eigenvalue weighted by molar-refractivity contribution is 5.90. The molecule has 26 heavy (non-hydrogen) atoms. The van der Waals surface area contributed by atoms with Crippen molar-refractivity contribution in [3.8, 4) is 5.69 Å². The number of benzene rings is 2. The first-order valence-electron chi connectivity index (χ1n) is 8.16. The van der Waals surface area contributed by atoms with Crippen LogP contribution in [-0.4, -0.2) is 22.4 Å². The minimum atomic E-state index is -0.422. The summed E-state index contributed by atoms with van der Waals surface area (Å²) in [5, 5.41) is 11.2. The van der Waals surface area contributed by atoms with Crippen LogP contribution in [0.5, 0.6) is 0 Å². The molecule has 0 unspecified atom stereocenters. The molecular weight excluding hydrogens is 332 g/mol. The molecule has 3 rings (SSSR count). The quantitative estimate of drug-likeness (QED) is 0.556. The molecule has 1 aromatic heterocycles. The van der Waals surface area contributed by atoms with Gasteiger partial charge in [0, 0.05) is 0 Å². The molecule has 0 saturated carbocycles. The van der Waals surface area contributed by atoms with Crippen molar-refractivity contribution >= 4 is 17.3 Å². The van der Waals surface area contributed by atoms with E-state index >= 15 is 0 Å². The fourth-order valence-electron chi connectivity index (χ4n) is 2.43. The average Bonchev–Trinajstić information content (AvgIpc) is 2.95. The van der Waals surface area contributed by atoms with Gasteiger partial charge in [-0.1, -0.05) is 24.3 Å². The van der Waals surface area contributed by atoms with Gasteiger partial charge in [-0.3, -0.25) is 9.89 Å². The second-order valence-electron chi connectivity index (χ2n) is 5.53. The summed E-state index contributed by atoms with van der Waals surface area (Å²) in [6, 6.07) is 15.8. The van der Waals surface area contributed by atoms with Crippen LogP contribution in [0.1, 0.15) is 23.0 Å². The number of rotatable bonds is 5. The Balaban J connectivity index is 1.90. The fourth-order valence-corrected chi connectivity index (χ4v) is 2.43. The number of aryl methyl sites for hydroxylation is 1. The maximum absolute atomic E-state index is 12.6. The molecule has 0 saturated heterocycles. The Bertz CT molecular complexity index is 1000. The third-order valence-corrected chi connectivity index (χ3v) is 3.68. The third kappa shape index (κ3) is 3.61. The van der Waals surface area contributed by atoms with Crippen molar-refractivity contribution in [3.63, 3.8) is 0 Å². The lowest BCUT2D eigenvalue weighted by molar-refractivity contribution is 0.0526. The monoisotopic (exact) mass is 350 g/mol. The van der Waals surface area contributed by atoms with Crippen LogP contribution in [0, 0.1) is 6.92 Å². The smallest absolute Gasteiger partial charge is 0.338 e. The molecule has 7 heteroatoms. The first-order valence-corrected chi connectivity index (χ1v) is 8.16. The number of aromatic amines is 1. The SMILES string of the molecule is CCOC(=O)c1cccc(N=Nc2c(C)[nH]n(-c3ccccc3)c2=O)c1. The number of nitrogens with zero attached hydrogens (tertiary/aromatic N) is 3. The lowest BCUT2D eigenvalue weighted by Crippen LogP contribution is -2.13. The molecule has 1 heterocycles. The van der Waals surface area contributed by atoms with Gasteiger partial charge in [0.15, 0.2) is 5.69 Å². The van der Waals surface area contributed by atoms with Crippen LogP contribution in [0.25, 0.3) is 5.69 Å². The fraction of sp³-hybridized carbons (Fsp3) is 0.158. The van der Waals surface area contributed by atoms with E-state index in [9.17, 15) is 9.59 Å². The second-order valence-corrected chi connectivity index (χ2v) is 5.53. The Morgan fingerprint density at radius 1 is 1.12 bits per heavy atom. The van der Waals surface area contributed by atoms with E-state index in [1.54, 1.807) is 38.1 Å². The van der Waals surface area contributed by atoms with Crippen LogP contribution in [0.15, 0.2) is 69.6 Å². The zero-order chi connectivity index (χ0) is 18.5. The summed E-state index contributed by atoms with van der Waals surface area (Å²) in [5.41, 5.74) is 2.09. The van der Waals surface area contributed by atoms with Crippen LogP contribution in [0.3, 0.4) is 0 Å². The van der Waals surface area contributed by atoms with Gasteiger partial charge < -0.3 is 4.74 Å². The summed E-state index contributed by atoms with van der Waals surface area (Å²) in [4.78, 5) is 24.4. The van der Waals surface area contributed by atoms with Crippen molar-refractivity contribution in [1.29, 1.82) is 0 Å². The summed E-state index contributed by atoms with van der Waals surface area (Å²) in [5.74, 6) is -0.422. The van der Waals surface area contributed by atoms with Crippen molar-refractivity contribution in [2.45, 2.75) is 13.8 Å². The molecule has 2 aromatic carbocycles. The number of hydrogen-bond acceptors (Lipinski definition) is 5. The molecule has 0 aliphatic heterocycles. The first-order chi connectivity index (χ1) is 12.6. The number of H-pyrrole nitrogens is 1. The number of carbonyl (C=O) groups is 1. The van der Waals surface area contributed by atoms with Crippen molar-refractivity contribution in [3.05, 3.63) is 76.2 Å². The molecule has 0 spiro atoms. The van der Waals surface area contributed by atoms with Crippen LogP contribution < -0.4 is 5.56 Å². The zero-order valence-corrected chi connectivity index (χ0v) is 14.5. The minimum absolute atomic E-state index is 0.218. The molecule has 1 N–H and O–H groups in total. The highest BCUT2D eigenvalue weighted by atomic mass is 16.5. The molecular formula is C19H18N4O3. The predicted octanol–water partition coefficient (Wildman–Crippen LogP) is 4.07. The van der Waals surface area contributed by atoms with Crippen LogP contribution in [-0.2, 0) is 4.74 Å². The van der Waals surface area contributed by atoms with E-state index in [-0.39, 0.29) is 11.2 Å². The Hall–Kier alpha value is -3.48. The summed E-state index contributed by atoms with van der Waals surface area (Å²) in [7, 11) is 0. The molecule has 0 aliphatic carbocycles. The molecule has 3 aromatic rings. The van der Waals surface area contributed by atoms with E-state index in [1.165, 1.54) is 4.68 Å². The predicted molar refractivity (Wildman–Crippen MR) is 97.7 cm³/mol. The molecule has 0 bridgehead atoms. The van der Waals surface area contributed by atoms with Crippen molar-refractivity contribution in [2.75, 3.05) is 6.61 Å². The molecule has 0 amide bonds. The van der Waals surface area contributed by atoms with Crippen LogP contribution >= 0.6 is 0 Å². The number of ether oxygens (including phenoxy) is 1. The van der Waals surface area contributed by atoms with E-state index in [0.717, 1.165) is 0 Å². The van der Waals surface area contributed by atoms with Gasteiger partial charge in [0.05, 0.1) is 29.2 Å². The molecule has 0 radical (unpaired) electrons. The normalized spacial score (nSPS) is 11.0. The van der Waals surface area contributed by atoms with Crippen LogP contribution in [0.2, 0.25) is 0 Å². The van der Waals surface area contributed by atoms with E-state index in [2.05, 4.69) is 15.3 Å². The number of nitrogens with one attached hydrogen (secondary N) is 1. The Kier molecular flexibility index (Phi) is 5.07. The lowest BCUT2D eigenvalue weighted by atomic mass is 10.2. The zero-order valence-electron chi connectivity index (χ0n) is 14.5. The minimum Gasteiger partial charge on any atom is -0.462 e. The number of azo groups is 1. The second kappa shape index (κ2) is 7.60. The number of hydrogen-bond donors (Lipinski definition) is 1. The maximum Gasteiger partial charge on any atom is 0.338 e. The number of carbonyl (C=O) groups excluding carboxylic acids is 1. The topological polar surface area (TPSA) is 88.8 Å². The van der Waals surface area contributed by atoms with E-state index < -0.39 is 5.97 Å². The van der Waals surface area contributed by atoms with Gasteiger partial charge in [-0.05, 0) is 44.2 Å². The summed E-state index contributed by atoms with van der Waals surface area (Å²) in [6.07, 6.45) is 0. The van der Waals surface area contributed by atoms with Crippen molar-refractivity contribution in [2.24, 2.45) is 10.2 Å². The standard InChI is InChI=1S/C19H18N4O3/c1-3-26-19(25)14-8-7-9-15(12-14)20-21-17-13(2)22-23(18(17)24)16-10-5-4-6-11-16/h4-12,22H,3H2,1-2H3. The maximum atomic E-state index is 12.6. The van der Waals surface area contributed by atoms with Gasteiger partial charge in [0.25, 0.3) is 5.56 Å². The lowest BCUT2D eigenvalue weighted by Gasteiger charge is -2.01. The van der Waals surface area contributed by atoms with Gasteiger partial charge >= 0.3 is 5.97 Å². The molecule has 0 atom stereocenters. The summed E-state index contributed by atoms with van der Waals surface area (Å²) >= 11 is 0. The Morgan fingerprint density at radius 3 is 2.62 bits per heavy atom. The Labute approximate surface area is 149 Å². The van der Waals surface area contributed by atoms with Gasteiger partial charge in [-0.15, -0.1) is 5.11 Å². The van der Waals surface area contributed by atoms with E-state index in [4.69, 9.17) is 4.74 Å². The third-order valence-electron chi connectivity index (χ3n) is 3.68. The molecule has 7 nitrogen and oxygen atoms in total. The van der Waals surface area contributed by atoms with Gasteiger partial charge in [0.2, 0.25) is 0 Å². The van der Waals surface area contributed by atoms with E-state index in [1.807, 2.05) is 30.3 Å². The van der Waals surface area contributed by atoms with Crippen molar-refractivity contribution < 1.29 is 9.53 Å². The molecule has 132 valence electrons. The number of para-hydroxylation sites is 1. The largest absolute Gasteiger partial charge is 0.462 e. The molecule has 0 aliphatic rings. The number of aromatic nitrogens is 2. The summed E-state index contributed by atoms with van der Waals surface area (Å²) < 4.78 is 6.38. The Morgan fingerprint density at radius 2 is 1.88 bits per heavy atom. The number of esters is 1. The van der Waals surface area contributed by atoms with Gasteiger partial charge in [0.1, 0.15) is 0 Å². The highest BCUT2D eigenvalue weighted by Crippen LogP contribution is 2.20. The van der Waals surface area contributed by atoms with Crippen LogP contribution in [0.4, 0.5) is 11.4 Å². The average molecular weight is 350 g/mol. The van der Waals surface area contributed by atoms with Gasteiger partial charge in [-0.2, -0.15) is 5.11 Å². The summed E-state index contributed by atoms with van der Waals surface area (Å²) in [6.45, 7) is 3.80. The first kappa shape index (κ1) is 17.3. The van der Waals surface area contributed by atoms with Gasteiger partial charge in [-0.25, -0.2) is 9.48 Å². The van der Waals surface area contributed by atoms with E-state index in [0.29, 0.717) is 29.2 Å².